The fraction of sp³-hybridized carbons (Fsp3) is 0.440. The van der Waals surface area contributed by atoms with Crippen LogP contribution in [0.5, 0.6) is 5.75 Å². The van der Waals surface area contributed by atoms with Crippen molar-refractivity contribution < 1.29 is 19.1 Å². The summed E-state index contributed by atoms with van der Waals surface area (Å²) in [5, 5.41) is 2.86. The highest BCUT2D eigenvalue weighted by Gasteiger charge is 2.26. The summed E-state index contributed by atoms with van der Waals surface area (Å²) in [5.74, 6) is 1.34. The van der Waals surface area contributed by atoms with Crippen LogP contribution in [0.4, 0.5) is 0 Å². The number of nitrogens with one attached hydrogen (secondary N) is 1. The Labute approximate surface area is 202 Å². The van der Waals surface area contributed by atoms with Crippen LogP contribution in [-0.2, 0) is 9.53 Å². The summed E-state index contributed by atoms with van der Waals surface area (Å²) in [5.41, 5.74) is 0.499. The van der Waals surface area contributed by atoms with Gasteiger partial charge in [-0.2, -0.15) is 0 Å². The highest BCUT2D eigenvalue weighted by Crippen LogP contribution is 2.28. The monoisotopic (exact) mass is 519 g/mol. The number of halogens is 1. The molecule has 1 saturated carbocycles. The molecule has 32 heavy (non-hydrogen) atoms. The molecule has 1 aliphatic rings. The van der Waals surface area contributed by atoms with Crippen LogP contribution >= 0.6 is 27.7 Å². The Bertz CT molecular complexity index is 867. The Morgan fingerprint density at radius 2 is 1.75 bits per heavy atom. The van der Waals surface area contributed by atoms with Gasteiger partial charge in [0.05, 0.1) is 13.7 Å². The first-order valence-corrected chi connectivity index (χ1v) is 12.8. The molecule has 1 fully saturated rings. The van der Waals surface area contributed by atoms with E-state index in [1.807, 2.05) is 12.1 Å². The normalized spacial score (nSPS) is 15.1. The van der Waals surface area contributed by atoms with E-state index in [2.05, 4.69) is 33.4 Å². The summed E-state index contributed by atoms with van der Waals surface area (Å²) in [6.45, 7) is 0.568. The van der Waals surface area contributed by atoms with Gasteiger partial charge in [-0.25, -0.2) is 4.79 Å². The summed E-state index contributed by atoms with van der Waals surface area (Å²) in [6, 6.07) is 14.6. The third kappa shape index (κ3) is 7.85. The van der Waals surface area contributed by atoms with Crippen molar-refractivity contribution in [3.05, 3.63) is 58.6 Å². The van der Waals surface area contributed by atoms with Crippen LogP contribution < -0.4 is 10.1 Å². The van der Waals surface area contributed by atoms with Gasteiger partial charge in [0.15, 0.2) is 0 Å². The Morgan fingerprint density at radius 3 is 2.41 bits per heavy atom. The molecule has 0 heterocycles. The molecule has 2 aromatic rings. The fourth-order valence-electron chi connectivity index (χ4n) is 3.91. The molecule has 1 unspecified atom stereocenters. The van der Waals surface area contributed by atoms with Gasteiger partial charge in [-0.1, -0.05) is 48.0 Å². The predicted molar refractivity (Wildman–Crippen MR) is 131 cm³/mol. The summed E-state index contributed by atoms with van der Waals surface area (Å²) < 4.78 is 11.8. The number of rotatable bonds is 10. The lowest BCUT2D eigenvalue weighted by Crippen LogP contribution is -2.43. The molecule has 7 heteroatoms. The molecule has 0 aromatic heterocycles. The smallest absolute Gasteiger partial charge is 0.328 e. The van der Waals surface area contributed by atoms with E-state index in [1.54, 1.807) is 36.0 Å². The zero-order chi connectivity index (χ0) is 22.8. The third-order valence-electron chi connectivity index (χ3n) is 5.64. The van der Waals surface area contributed by atoms with E-state index in [0.717, 1.165) is 23.1 Å². The number of methoxy groups -OCH3 is 1. The fourth-order valence-corrected chi connectivity index (χ4v) is 4.90. The van der Waals surface area contributed by atoms with Crippen LogP contribution in [0.1, 0.15) is 48.9 Å². The van der Waals surface area contributed by atoms with Gasteiger partial charge in [-0.3, -0.25) is 4.79 Å². The van der Waals surface area contributed by atoms with Gasteiger partial charge in [-0.05, 0) is 60.9 Å². The number of carbonyl (C=O) groups excluding carboxylic acids is 2. The second-order valence-electron chi connectivity index (χ2n) is 7.96. The van der Waals surface area contributed by atoms with Gasteiger partial charge in [0.2, 0.25) is 0 Å². The first kappa shape index (κ1) is 24.6. The van der Waals surface area contributed by atoms with Gasteiger partial charge in [0, 0.05) is 20.7 Å². The van der Waals surface area contributed by atoms with E-state index in [1.165, 1.54) is 31.3 Å². The second-order valence-corrected chi connectivity index (χ2v) is 10.0. The zero-order valence-corrected chi connectivity index (χ0v) is 20.8. The Balaban J connectivity index is 1.47. The highest BCUT2D eigenvalue weighted by atomic mass is 79.9. The first-order valence-electron chi connectivity index (χ1n) is 11.0. The number of hydrogen-bond acceptors (Lipinski definition) is 5. The SMILES string of the molecule is COC(=O)C(CC1CCCCC1)NC(=O)c1ccc(OCCSc2ccc(Br)cc2)cc1. The Morgan fingerprint density at radius 1 is 1.06 bits per heavy atom. The molecule has 0 saturated heterocycles. The van der Waals surface area contributed by atoms with Gasteiger partial charge in [0.1, 0.15) is 11.8 Å². The summed E-state index contributed by atoms with van der Waals surface area (Å²) in [6.07, 6.45) is 6.48. The maximum absolute atomic E-state index is 12.7. The molecule has 0 bridgehead atoms. The number of hydrogen-bond donors (Lipinski definition) is 1. The summed E-state index contributed by atoms with van der Waals surface area (Å²) in [4.78, 5) is 26.1. The van der Waals surface area contributed by atoms with Crippen molar-refractivity contribution in [1.29, 1.82) is 0 Å². The van der Waals surface area contributed by atoms with Crippen molar-refractivity contribution in [1.82, 2.24) is 5.32 Å². The predicted octanol–water partition coefficient (Wildman–Crippen LogP) is 5.86. The molecule has 0 spiro atoms. The number of ether oxygens (including phenoxy) is 2. The Kier molecular flexibility index (Phi) is 9.93. The maximum atomic E-state index is 12.7. The van der Waals surface area contributed by atoms with Crippen molar-refractivity contribution in [3.8, 4) is 5.75 Å². The standard InChI is InChI=1S/C25H30BrNO4S/c1-30-25(29)23(17-18-5-3-2-4-6-18)27-24(28)19-7-11-21(12-8-19)31-15-16-32-22-13-9-20(26)10-14-22/h7-14,18,23H,2-6,15-17H2,1H3,(H,27,28). The topological polar surface area (TPSA) is 64.6 Å². The van der Waals surface area contributed by atoms with Gasteiger partial charge in [-0.15, -0.1) is 11.8 Å². The van der Waals surface area contributed by atoms with Crippen LogP contribution in [0.25, 0.3) is 0 Å². The summed E-state index contributed by atoms with van der Waals surface area (Å²) >= 11 is 5.16. The molecular formula is C25H30BrNO4S. The van der Waals surface area contributed by atoms with Crippen LogP contribution in [0, 0.1) is 5.92 Å². The average Bonchev–Trinajstić information content (AvgIpc) is 2.83. The molecule has 0 radical (unpaired) electrons. The number of esters is 1. The number of carbonyl (C=O) groups is 2. The zero-order valence-electron chi connectivity index (χ0n) is 18.3. The molecule has 1 amide bonds. The lowest BCUT2D eigenvalue weighted by molar-refractivity contribution is -0.143. The molecule has 3 rings (SSSR count). The minimum atomic E-state index is -0.609. The molecule has 1 atom stereocenters. The molecule has 1 N–H and O–H groups in total. The van der Waals surface area contributed by atoms with Crippen molar-refractivity contribution in [2.24, 2.45) is 5.92 Å². The van der Waals surface area contributed by atoms with Crippen molar-refractivity contribution in [2.45, 2.75) is 49.5 Å². The minimum Gasteiger partial charge on any atom is -0.493 e. The van der Waals surface area contributed by atoms with Gasteiger partial charge < -0.3 is 14.8 Å². The van der Waals surface area contributed by atoms with E-state index < -0.39 is 6.04 Å². The van der Waals surface area contributed by atoms with Crippen LogP contribution in [0.3, 0.4) is 0 Å². The van der Waals surface area contributed by atoms with E-state index >= 15 is 0 Å². The minimum absolute atomic E-state index is 0.270. The van der Waals surface area contributed by atoms with Crippen molar-refractivity contribution in [3.63, 3.8) is 0 Å². The molecule has 0 aliphatic heterocycles. The highest BCUT2D eigenvalue weighted by molar-refractivity contribution is 9.10. The molecule has 2 aromatic carbocycles. The summed E-state index contributed by atoms with van der Waals surface area (Å²) in [7, 11) is 1.36. The van der Waals surface area contributed by atoms with Crippen molar-refractivity contribution >= 4 is 39.6 Å². The largest absolute Gasteiger partial charge is 0.493 e. The molecular weight excluding hydrogens is 490 g/mol. The van der Waals surface area contributed by atoms with Gasteiger partial charge in [0.25, 0.3) is 5.91 Å². The molecule has 172 valence electrons. The quantitative estimate of drug-likeness (QED) is 0.242. The molecule has 1 aliphatic carbocycles. The second kappa shape index (κ2) is 12.9. The third-order valence-corrected chi connectivity index (χ3v) is 7.14. The van der Waals surface area contributed by atoms with E-state index in [-0.39, 0.29) is 11.9 Å². The van der Waals surface area contributed by atoms with Crippen molar-refractivity contribution in [2.75, 3.05) is 19.5 Å². The lowest BCUT2D eigenvalue weighted by Gasteiger charge is -2.25. The van der Waals surface area contributed by atoms with E-state index in [4.69, 9.17) is 9.47 Å². The van der Waals surface area contributed by atoms with E-state index in [0.29, 0.717) is 30.3 Å². The first-order chi connectivity index (χ1) is 15.5. The van der Waals surface area contributed by atoms with E-state index in [9.17, 15) is 9.59 Å². The van der Waals surface area contributed by atoms with Crippen LogP contribution in [0.2, 0.25) is 0 Å². The number of amides is 1. The number of benzene rings is 2. The van der Waals surface area contributed by atoms with Crippen LogP contribution in [0.15, 0.2) is 57.9 Å². The number of thioether (sulfide) groups is 1. The maximum Gasteiger partial charge on any atom is 0.328 e. The molecule has 5 nitrogen and oxygen atoms in total. The lowest BCUT2D eigenvalue weighted by atomic mass is 9.85. The van der Waals surface area contributed by atoms with Gasteiger partial charge >= 0.3 is 5.97 Å². The Hall–Kier alpha value is -1.99. The average molecular weight is 520 g/mol. The van der Waals surface area contributed by atoms with Crippen LogP contribution in [-0.4, -0.2) is 37.4 Å².